The number of aliphatic hydroxyl groups excluding tert-OH is 1. The van der Waals surface area contributed by atoms with Gasteiger partial charge in [-0.3, -0.25) is 9.59 Å². The Labute approximate surface area is 117 Å². The predicted molar refractivity (Wildman–Crippen MR) is 72.3 cm³/mol. The Balaban J connectivity index is 1.95. The maximum atomic E-state index is 12.0. The van der Waals surface area contributed by atoms with Gasteiger partial charge < -0.3 is 20.5 Å². The van der Waals surface area contributed by atoms with Crippen molar-refractivity contribution in [2.24, 2.45) is 5.73 Å². The molecule has 3 N–H and O–H groups in total. The summed E-state index contributed by atoms with van der Waals surface area (Å²) in [4.78, 5) is 24.8. The van der Waals surface area contributed by atoms with Gasteiger partial charge in [-0.05, 0) is 25.0 Å². The third-order valence-corrected chi connectivity index (χ3v) is 3.25. The molecule has 1 aliphatic rings. The summed E-state index contributed by atoms with van der Waals surface area (Å²) >= 11 is 0. The highest BCUT2D eigenvalue weighted by Gasteiger charge is 2.22. The predicted octanol–water partition coefficient (Wildman–Crippen LogP) is 0.148. The summed E-state index contributed by atoms with van der Waals surface area (Å²) in [6, 6.07) is 6.53. The Morgan fingerprint density at radius 1 is 1.40 bits per heavy atom. The van der Waals surface area contributed by atoms with E-state index < -0.39 is 12.0 Å². The second kappa shape index (κ2) is 6.38. The standard InChI is InChI=1S/C14H18N2O4/c15-14(19)11-5-1-2-6-12(11)20-9-13(18)16-7-3-4-10(17)8-16/h1-2,5-6,10,17H,3-4,7-9H2,(H2,15,19). The van der Waals surface area contributed by atoms with Gasteiger partial charge in [-0.15, -0.1) is 0 Å². The van der Waals surface area contributed by atoms with Crippen LogP contribution in [0.4, 0.5) is 0 Å². The molecule has 6 nitrogen and oxygen atoms in total. The molecule has 0 radical (unpaired) electrons. The van der Waals surface area contributed by atoms with Crippen LogP contribution in [-0.2, 0) is 4.79 Å². The molecule has 1 unspecified atom stereocenters. The maximum absolute atomic E-state index is 12.0. The lowest BCUT2D eigenvalue weighted by atomic mass is 10.1. The molecule has 2 rings (SSSR count). The van der Waals surface area contributed by atoms with Crippen LogP contribution in [0.3, 0.4) is 0 Å². The molecule has 0 aliphatic carbocycles. The minimum atomic E-state index is -0.596. The van der Waals surface area contributed by atoms with E-state index >= 15 is 0 Å². The fraction of sp³-hybridized carbons (Fsp3) is 0.429. The van der Waals surface area contributed by atoms with Gasteiger partial charge in [0.05, 0.1) is 11.7 Å². The lowest BCUT2D eigenvalue weighted by Gasteiger charge is -2.30. The molecular weight excluding hydrogens is 260 g/mol. The summed E-state index contributed by atoms with van der Waals surface area (Å²) in [6.07, 6.45) is 1.03. The largest absolute Gasteiger partial charge is 0.483 e. The summed E-state index contributed by atoms with van der Waals surface area (Å²) in [6.45, 7) is 0.785. The molecule has 1 aromatic rings. The number of nitrogens with two attached hydrogens (primary N) is 1. The van der Waals surface area contributed by atoms with Crippen LogP contribution >= 0.6 is 0 Å². The van der Waals surface area contributed by atoms with Crippen LogP contribution < -0.4 is 10.5 Å². The fourth-order valence-electron chi connectivity index (χ4n) is 2.21. The Bertz CT molecular complexity index is 504. The van der Waals surface area contributed by atoms with Crippen molar-refractivity contribution in [1.29, 1.82) is 0 Å². The lowest BCUT2D eigenvalue weighted by Crippen LogP contribution is -2.44. The molecule has 0 spiro atoms. The number of benzene rings is 1. The minimum Gasteiger partial charge on any atom is -0.483 e. The summed E-state index contributed by atoms with van der Waals surface area (Å²) in [5.74, 6) is -0.504. The number of hydrogen-bond donors (Lipinski definition) is 2. The Hall–Kier alpha value is -2.08. The van der Waals surface area contributed by atoms with Gasteiger partial charge in [0.2, 0.25) is 0 Å². The van der Waals surface area contributed by atoms with Crippen LogP contribution in [0.25, 0.3) is 0 Å². The van der Waals surface area contributed by atoms with Gasteiger partial charge in [-0.1, -0.05) is 12.1 Å². The van der Waals surface area contributed by atoms with Gasteiger partial charge in [-0.25, -0.2) is 0 Å². The van der Waals surface area contributed by atoms with Gasteiger partial charge in [-0.2, -0.15) is 0 Å². The molecule has 108 valence electrons. The molecule has 1 atom stereocenters. The molecule has 1 aliphatic heterocycles. The summed E-state index contributed by atoms with van der Waals surface area (Å²) in [7, 11) is 0. The van der Waals surface area contributed by atoms with Crippen molar-refractivity contribution in [1.82, 2.24) is 4.90 Å². The second-order valence-corrected chi connectivity index (χ2v) is 4.78. The Kier molecular flexibility index (Phi) is 4.57. The summed E-state index contributed by atoms with van der Waals surface area (Å²) < 4.78 is 5.38. The number of piperidine rings is 1. The van der Waals surface area contributed by atoms with Crippen molar-refractivity contribution < 1.29 is 19.4 Å². The molecule has 20 heavy (non-hydrogen) atoms. The van der Waals surface area contributed by atoms with Crippen LogP contribution in [-0.4, -0.2) is 47.6 Å². The second-order valence-electron chi connectivity index (χ2n) is 4.78. The smallest absolute Gasteiger partial charge is 0.260 e. The SMILES string of the molecule is NC(=O)c1ccccc1OCC(=O)N1CCCC(O)C1. The van der Waals surface area contributed by atoms with Crippen molar-refractivity contribution in [2.75, 3.05) is 19.7 Å². The van der Waals surface area contributed by atoms with Crippen molar-refractivity contribution in [3.8, 4) is 5.75 Å². The van der Waals surface area contributed by atoms with Crippen molar-refractivity contribution in [3.63, 3.8) is 0 Å². The molecular formula is C14H18N2O4. The van der Waals surface area contributed by atoms with Gasteiger partial charge in [0, 0.05) is 13.1 Å². The zero-order chi connectivity index (χ0) is 14.5. The van der Waals surface area contributed by atoms with E-state index in [1.807, 2.05) is 0 Å². The Morgan fingerprint density at radius 3 is 2.85 bits per heavy atom. The third-order valence-electron chi connectivity index (χ3n) is 3.25. The number of para-hydroxylation sites is 1. The molecule has 0 bridgehead atoms. The number of rotatable bonds is 4. The zero-order valence-corrected chi connectivity index (χ0v) is 11.1. The van der Waals surface area contributed by atoms with Crippen LogP contribution in [0.1, 0.15) is 23.2 Å². The van der Waals surface area contributed by atoms with E-state index in [-0.39, 0.29) is 18.1 Å². The first kappa shape index (κ1) is 14.3. The average molecular weight is 278 g/mol. The van der Waals surface area contributed by atoms with Crippen molar-refractivity contribution in [2.45, 2.75) is 18.9 Å². The molecule has 1 saturated heterocycles. The minimum absolute atomic E-state index is 0.170. The van der Waals surface area contributed by atoms with Gasteiger partial charge in [0.15, 0.2) is 6.61 Å². The number of ether oxygens (including phenoxy) is 1. The van der Waals surface area contributed by atoms with E-state index in [9.17, 15) is 14.7 Å². The molecule has 0 aromatic heterocycles. The molecule has 1 heterocycles. The van der Waals surface area contributed by atoms with Crippen LogP contribution in [0.2, 0.25) is 0 Å². The number of hydrogen-bond acceptors (Lipinski definition) is 4. The topological polar surface area (TPSA) is 92.9 Å². The van der Waals surface area contributed by atoms with Crippen molar-refractivity contribution in [3.05, 3.63) is 29.8 Å². The number of carbonyl (C=O) groups excluding carboxylic acids is 2. The first-order chi connectivity index (χ1) is 9.58. The van der Waals surface area contributed by atoms with Gasteiger partial charge >= 0.3 is 0 Å². The number of nitrogens with zero attached hydrogens (tertiary/aromatic N) is 1. The molecule has 6 heteroatoms. The number of primary amides is 1. The lowest BCUT2D eigenvalue weighted by molar-refractivity contribution is -0.136. The quantitative estimate of drug-likeness (QED) is 0.819. The molecule has 1 fully saturated rings. The fourth-order valence-corrected chi connectivity index (χ4v) is 2.21. The molecule has 2 amide bonds. The van der Waals surface area contributed by atoms with E-state index in [4.69, 9.17) is 10.5 Å². The van der Waals surface area contributed by atoms with E-state index in [1.54, 1.807) is 29.2 Å². The van der Waals surface area contributed by atoms with Crippen LogP contribution in [0.15, 0.2) is 24.3 Å². The monoisotopic (exact) mass is 278 g/mol. The number of likely N-dealkylation sites (tertiary alicyclic amines) is 1. The highest BCUT2D eigenvalue weighted by Crippen LogP contribution is 2.17. The van der Waals surface area contributed by atoms with E-state index in [2.05, 4.69) is 0 Å². The third kappa shape index (κ3) is 3.48. The highest BCUT2D eigenvalue weighted by molar-refractivity contribution is 5.95. The number of carbonyl (C=O) groups is 2. The van der Waals surface area contributed by atoms with Crippen LogP contribution in [0.5, 0.6) is 5.75 Å². The average Bonchev–Trinajstić information content (AvgIpc) is 2.45. The van der Waals surface area contributed by atoms with Crippen LogP contribution in [0, 0.1) is 0 Å². The summed E-state index contributed by atoms with van der Waals surface area (Å²) in [5, 5.41) is 9.53. The normalized spacial score (nSPS) is 18.6. The first-order valence-electron chi connectivity index (χ1n) is 6.55. The van der Waals surface area contributed by atoms with E-state index in [0.717, 1.165) is 12.8 Å². The molecule has 0 saturated carbocycles. The van der Waals surface area contributed by atoms with E-state index in [1.165, 1.54) is 0 Å². The summed E-state index contributed by atoms with van der Waals surface area (Å²) in [5.41, 5.74) is 5.48. The number of β-amino-alcohol motifs (C(OH)–C–C–N with tert-alkyl or cyclic N) is 1. The van der Waals surface area contributed by atoms with Gasteiger partial charge in [0.25, 0.3) is 11.8 Å². The van der Waals surface area contributed by atoms with Gasteiger partial charge in [0.1, 0.15) is 5.75 Å². The zero-order valence-electron chi connectivity index (χ0n) is 11.1. The molecule has 1 aromatic carbocycles. The Morgan fingerprint density at radius 2 is 2.15 bits per heavy atom. The van der Waals surface area contributed by atoms with E-state index in [0.29, 0.717) is 18.8 Å². The highest BCUT2D eigenvalue weighted by atomic mass is 16.5. The van der Waals surface area contributed by atoms with Crippen molar-refractivity contribution >= 4 is 11.8 Å². The number of aliphatic hydroxyl groups is 1. The maximum Gasteiger partial charge on any atom is 0.260 e. The first-order valence-corrected chi connectivity index (χ1v) is 6.55. The number of amides is 2.